The SMILES string of the molecule is CC(NCc1cccc(Br)c1)C(=O)NCc1ccco1. The smallest absolute Gasteiger partial charge is 0.237 e. The highest BCUT2D eigenvalue weighted by Gasteiger charge is 2.12. The van der Waals surface area contributed by atoms with Crippen LogP contribution in [0.1, 0.15) is 18.2 Å². The van der Waals surface area contributed by atoms with E-state index >= 15 is 0 Å². The van der Waals surface area contributed by atoms with Gasteiger partial charge in [-0.3, -0.25) is 4.79 Å². The Morgan fingerprint density at radius 3 is 2.85 bits per heavy atom. The number of nitrogens with one attached hydrogen (secondary N) is 2. The minimum absolute atomic E-state index is 0.0450. The molecule has 1 aromatic carbocycles. The number of benzene rings is 1. The van der Waals surface area contributed by atoms with Gasteiger partial charge in [-0.25, -0.2) is 0 Å². The second-order valence-electron chi connectivity index (χ2n) is 4.53. The molecule has 0 aliphatic carbocycles. The molecule has 1 atom stereocenters. The summed E-state index contributed by atoms with van der Waals surface area (Å²) < 4.78 is 6.20. The van der Waals surface area contributed by atoms with Crippen LogP contribution in [0.15, 0.2) is 51.6 Å². The van der Waals surface area contributed by atoms with Crippen LogP contribution in [0.2, 0.25) is 0 Å². The largest absolute Gasteiger partial charge is 0.467 e. The van der Waals surface area contributed by atoms with Gasteiger partial charge in [0.1, 0.15) is 5.76 Å². The molecular formula is C15H17BrN2O2. The highest BCUT2D eigenvalue weighted by atomic mass is 79.9. The third-order valence-electron chi connectivity index (χ3n) is 2.91. The van der Waals surface area contributed by atoms with Gasteiger partial charge in [0.2, 0.25) is 5.91 Å². The number of carbonyl (C=O) groups excluding carboxylic acids is 1. The lowest BCUT2D eigenvalue weighted by Crippen LogP contribution is -2.41. The van der Waals surface area contributed by atoms with Crippen molar-refractivity contribution in [3.63, 3.8) is 0 Å². The van der Waals surface area contributed by atoms with E-state index in [1.807, 2.05) is 37.3 Å². The van der Waals surface area contributed by atoms with Crippen LogP contribution in [0, 0.1) is 0 Å². The first-order valence-electron chi connectivity index (χ1n) is 6.43. The Labute approximate surface area is 126 Å². The number of hydrogen-bond acceptors (Lipinski definition) is 3. The first-order valence-corrected chi connectivity index (χ1v) is 7.22. The summed E-state index contributed by atoms with van der Waals surface area (Å²) in [6.45, 7) is 2.90. The molecule has 0 saturated carbocycles. The van der Waals surface area contributed by atoms with E-state index in [-0.39, 0.29) is 11.9 Å². The third kappa shape index (κ3) is 4.51. The van der Waals surface area contributed by atoms with Crippen LogP contribution in [0.4, 0.5) is 0 Å². The lowest BCUT2D eigenvalue weighted by atomic mass is 10.2. The Bertz CT molecular complexity index is 555. The summed E-state index contributed by atoms with van der Waals surface area (Å²) in [6, 6.07) is 11.4. The molecule has 0 radical (unpaired) electrons. The van der Waals surface area contributed by atoms with Crippen molar-refractivity contribution in [3.05, 3.63) is 58.5 Å². The second kappa shape index (κ2) is 7.26. The van der Waals surface area contributed by atoms with Crippen molar-refractivity contribution in [2.75, 3.05) is 0 Å². The van der Waals surface area contributed by atoms with Crippen molar-refractivity contribution >= 4 is 21.8 Å². The standard InChI is InChI=1S/C15H17BrN2O2/c1-11(15(19)18-10-14-6-3-7-20-14)17-9-12-4-2-5-13(16)8-12/h2-8,11,17H,9-10H2,1H3,(H,18,19). The van der Waals surface area contributed by atoms with Gasteiger partial charge in [0.25, 0.3) is 0 Å². The molecule has 1 unspecified atom stereocenters. The molecule has 0 saturated heterocycles. The zero-order valence-electron chi connectivity index (χ0n) is 11.2. The van der Waals surface area contributed by atoms with Gasteiger partial charge in [-0.15, -0.1) is 0 Å². The van der Waals surface area contributed by atoms with Crippen LogP contribution in [0.25, 0.3) is 0 Å². The molecule has 0 aliphatic heterocycles. The lowest BCUT2D eigenvalue weighted by molar-refractivity contribution is -0.123. The molecular weight excluding hydrogens is 320 g/mol. The van der Waals surface area contributed by atoms with E-state index in [0.29, 0.717) is 13.1 Å². The first kappa shape index (κ1) is 14.8. The summed E-state index contributed by atoms with van der Waals surface area (Å²) >= 11 is 3.43. The molecule has 0 spiro atoms. The summed E-state index contributed by atoms with van der Waals surface area (Å²) in [6.07, 6.45) is 1.59. The van der Waals surface area contributed by atoms with E-state index in [0.717, 1.165) is 15.8 Å². The molecule has 106 valence electrons. The van der Waals surface area contributed by atoms with Gasteiger partial charge in [0.05, 0.1) is 18.8 Å². The predicted octanol–water partition coefficient (Wildman–Crippen LogP) is 2.84. The Hall–Kier alpha value is -1.59. The van der Waals surface area contributed by atoms with Crippen LogP contribution >= 0.6 is 15.9 Å². The number of rotatable bonds is 6. The second-order valence-corrected chi connectivity index (χ2v) is 5.45. The van der Waals surface area contributed by atoms with Crippen molar-refractivity contribution in [2.24, 2.45) is 0 Å². The molecule has 2 aromatic rings. The average Bonchev–Trinajstić information content (AvgIpc) is 2.95. The zero-order valence-corrected chi connectivity index (χ0v) is 12.8. The Morgan fingerprint density at radius 2 is 2.15 bits per heavy atom. The van der Waals surface area contributed by atoms with Gasteiger partial charge in [0.15, 0.2) is 0 Å². The van der Waals surface area contributed by atoms with Gasteiger partial charge < -0.3 is 15.1 Å². The molecule has 0 bridgehead atoms. The van der Waals surface area contributed by atoms with Crippen LogP contribution in [0.5, 0.6) is 0 Å². The Morgan fingerprint density at radius 1 is 1.30 bits per heavy atom. The van der Waals surface area contributed by atoms with E-state index in [1.54, 1.807) is 12.3 Å². The van der Waals surface area contributed by atoms with Crippen molar-refractivity contribution < 1.29 is 9.21 Å². The molecule has 1 amide bonds. The third-order valence-corrected chi connectivity index (χ3v) is 3.40. The molecule has 0 fully saturated rings. The predicted molar refractivity (Wildman–Crippen MR) is 81.0 cm³/mol. The monoisotopic (exact) mass is 336 g/mol. The number of hydrogen-bond donors (Lipinski definition) is 2. The first-order chi connectivity index (χ1) is 9.65. The molecule has 1 heterocycles. The van der Waals surface area contributed by atoms with Crippen molar-refractivity contribution in [2.45, 2.75) is 26.1 Å². The molecule has 1 aromatic heterocycles. The number of carbonyl (C=O) groups is 1. The van der Waals surface area contributed by atoms with Crippen LogP contribution in [0.3, 0.4) is 0 Å². The number of amides is 1. The average molecular weight is 337 g/mol. The number of furan rings is 1. The molecule has 0 aliphatic rings. The summed E-state index contributed by atoms with van der Waals surface area (Å²) in [4.78, 5) is 11.9. The van der Waals surface area contributed by atoms with Crippen molar-refractivity contribution in [3.8, 4) is 0 Å². The fourth-order valence-corrected chi connectivity index (χ4v) is 2.20. The highest BCUT2D eigenvalue weighted by molar-refractivity contribution is 9.10. The molecule has 2 rings (SSSR count). The lowest BCUT2D eigenvalue weighted by Gasteiger charge is -2.13. The van der Waals surface area contributed by atoms with E-state index < -0.39 is 0 Å². The van der Waals surface area contributed by atoms with E-state index in [4.69, 9.17) is 4.42 Å². The van der Waals surface area contributed by atoms with Gasteiger partial charge in [-0.2, -0.15) is 0 Å². The topological polar surface area (TPSA) is 54.3 Å². The maximum absolute atomic E-state index is 11.9. The molecule has 4 nitrogen and oxygen atoms in total. The zero-order chi connectivity index (χ0) is 14.4. The minimum atomic E-state index is -0.260. The Balaban J connectivity index is 1.76. The quantitative estimate of drug-likeness (QED) is 0.852. The van der Waals surface area contributed by atoms with Crippen LogP contribution in [-0.4, -0.2) is 11.9 Å². The number of halogens is 1. The van der Waals surface area contributed by atoms with Crippen molar-refractivity contribution in [1.29, 1.82) is 0 Å². The summed E-state index contributed by atoms with van der Waals surface area (Å²) in [5.41, 5.74) is 1.13. The Kier molecular flexibility index (Phi) is 5.38. The van der Waals surface area contributed by atoms with E-state index in [1.165, 1.54) is 0 Å². The van der Waals surface area contributed by atoms with E-state index in [9.17, 15) is 4.79 Å². The normalized spacial score (nSPS) is 12.1. The van der Waals surface area contributed by atoms with Gasteiger partial charge in [-0.1, -0.05) is 28.1 Å². The minimum Gasteiger partial charge on any atom is -0.467 e. The van der Waals surface area contributed by atoms with Gasteiger partial charge in [-0.05, 0) is 36.8 Å². The molecule has 5 heteroatoms. The van der Waals surface area contributed by atoms with Gasteiger partial charge in [0, 0.05) is 11.0 Å². The highest BCUT2D eigenvalue weighted by Crippen LogP contribution is 2.11. The fourth-order valence-electron chi connectivity index (χ4n) is 1.75. The maximum atomic E-state index is 11.9. The van der Waals surface area contributed by atoms with Crippen molar-refractivity contribution in [1.82, 2.24) is 10.6 Å². The summed E-state index contributed by atoms with van der Waals surface area (Å²) in [5, 5.41) is 6.02. The van der Waals surface area contributed by atoms with E-state index in [2.05, 4.69) is 26.6 Å². The van der Waals surface area contributed by atoms with Crippen LogP contribution in [-0.2, 0) is 17.9 Å². The van der Waals surface area contributed by atoms with Crippen LogP contribution < -0.4 is 10.6 Å². The fraction of sp³-hybridized carbons (Fsp3) is 0.267. The van der Waals surface area contributed by atoms with Gasteiger partial charge >= 0.3 is 0 Å². The summed E-state index contributed by atoms with van der Waals surface area (Å²) in [5.74, 6) is 0.703. The molecule has 20 heavy (non-hydrogen) atoms. The summed E-state index contributed by atoms with van der Waals surface area (Å²) in [7, 11) is 0. The maximum Gasteiger partial charge on any atom is 0.237 e. The molecule has 2 N–H and O–H groups in total.